The van der Waals surface area contributed by atoms with Crippen molar-refractivity contribution in [2.75, 3.05) is 16.5 Å². The van der Waals surface area contributed by atoms with Gasteiger partial charge in [0.05, 0.1) is 6.54 Å². The summed E-state index contributed by atoms with van der Waals surface area (Å²) in [6.07, 6.45) is 3.56. The van der Waals surface area contributed by atoms with Gasteiger partial charge in [-0.1, -0.05) is 58.8 Å². The fourth-order valence-electron chi connectivity index (χ4n) is 2.58. The van der Waals surface area contributed by atoms with Crippen molar-refractivity contribution in [3.63, 3.8) is 0 Å². The Bertz CT molecular complexity index is 961. The molecule has 0 aliphatic rings. The fourth-order valence-corrected chi connectivity index (χ4v) is 3.16. The minimum atomic E-state index is -0.252. The number of nitrogens with zero attached hydrogens (tertiary/aromatic N) is 3. The van der Waals surface area contributed by atoms with E-state index in [2.05, 4.69) is 15.3 Å². The van der Waals surface area contributed by atoms with Gasteiger partial charge >= 0.3 is 6.03 Å². The summed E-state index contributed by atoms with van der Waals surface area (Å²) in [6.45, 7) is 4.27. The summed E-state index contributed by atoms with van der Waals surface area (Å²) >= 11 is 7.74. The first-order valence-corrected chi connectivity index (χ1v) is 10.3. The second-order valence-electron chi connectivity index (χ2n) is 6.39. The molecule has 3 aromatic rings. The summed E-state index contributed by atoms with van der Waals surface area (Å²) in [4.78, 5) is 23.2. The smallest absolute Gasteiger partial charge is 0.308 e. The van der Waals surface area contributed by atoms with Gasteiger partial charge in [0.15, 0.2) is 5.16 Å². The van der Waals surface area contributed by atoms with Crippen molar-refractivity contribution in [3.05, 3.63) is 76.6 Å². The van der Waals surface area contributed by atoms with E-state index in [9.17, 15) is 4.79 Å². The summed E-state index contributed by atoms with van der Waals surface area (Å²) in [5, 5.41) is 3.89. The van der Waals surface area contributed by atoms with Crippen molar-refractivity contribution in [3.8, 4) is 0 Å². The fraction of sp³-hybridized carbons (Fsp3) is 0.190. The molecule has 2 amide bonds. The molecule has 0 saturated carbocycles. The number of rotatable bonds is 5. The molecular weight excluding hydrogens is 392 g/mol. The van der Waals surface area contributed by atoms with Gasteiger partial charge in [0.1, 0.15) is 5.15 Å². The number of nitrogens with one attached hydrogen (secondary N) is 1. The molecule has 1 heterocycles. The lowest BCUT2D eigenvalue weighted by molar-refractivity contribution is 0.256. The first-order valence-electron chi connectivity index (χ1n) is 8.73. The van der Waals surface area contributed by atoms with E-state index in [1.54, 1.807) is 11.1 Å². The van der Waals surface area contributed by atoms with Gasteiger partial charge in [-0.25, -0.2) is 14.8 Å². The summed E-state index contributed by atoms with van der Waals surface area (Å²) in [7, 11) is 0. The van der Waals surface area contributed by atoms with Crippen molar-refractivity contribution >= 4 is 40.8 Å². The normalized spacial score (nSPS) is 10.6. The van der Waals surface area contributed by atoms with Crippen LogP contribution in [0.3, 0.4) is 0 Å². The highest BCUT2D eigenvalue weighted by Crippen LogP contribution is 2.23. The number of aryl methyl sites for hydroxylation is 2. The molecule has 1 N–H and O–H groups in total. The number of halogens is 1. The molecule has 28 heavy (non-hydrogen) atoms. The van der Waals surface area contributed by atoms with E-state index in [-0.39, 0.29) is 12.6 Å². The zero-order valence-electron chi connectivity index (χ0n) is 15.9. The third kappa shape index (κ3) is 5.03. The van der Waals surface area contributed by atoms with Crippen LogP contribution in [0, 0.1) is 13.8 Å². The van der Waals surface area contributed by atoms with E-state index in [4.69, 9.17) is 11.6 Å². The maximum Gasteiger partial charge on any atom is 0.326 e. The highest BCUT2D eigenvalue weighted by Gasteiger charge is 2.19. The molecule has 2 aromatic carbocycles. The average molecular weight is 413 g/mol. The molecule has 0 bridgehead atoms. The molecule has 0 aliphatic carbocycles. The van der Waals surface area contributed by atoms with E-state index >= 15 is 0 Å². The molecule has 0 aliphatic heterocycles. The van der Waals surface area contributed by atoms with Gasteiger partial charge in [-0.3, -0.25) is 4.90 Å². The zero-order chi connectivity index (χ0) is 20.1. The Balaban J connectivity index is 1.89. The van der Waals surface area contributed by atoms with Gasteiger partial charge in [-0.05, 0) is 44.4 Å². The van der Waals surface area contributed by atoms with Crippen LogP contribution in [0.5, 0.6) is 0 Å². The van der Waals surface area contributed by atoms with Crippen LogP contribution in [0.1, 0.15) is 16.7 Å². The monoisotopic (exact) mass is 412 g/mol. The third-order valence-electron chi connectivity index (χ3n) is 4.19. The Hall–Kier alpha value is -2.57. The Morgan fingerprint density at radius 3 is 2.25 bits per heavy atom. The molecule has 0 saturated heterocycles. The minimum Gasteiger partial charge on any atom is -0.308 e. The number of carbonyl (C=O) groups is 1. The number of amides is 2. The topological polar surface area (TPSA) is 58.1 Å². The lowest BCUT2D eigenvalue weighted by atomic mass is 10.2. The second-order valence-corrected chi connectivity index (χ2v) is 7.52. The predicted molar refractivity (Wildman–Crippen MR) is 116 cm³/mol. The van der Waals surface area contributed by atoms with Crippen LogP contribution < -0.4 is 10.2 Å². The zero-order valence-corrected chi connectivity index (χ0v) is 17.5. The molecule has 144 valence electrons. The van der Waals surface area contributed by atoms with Gasteiger partial charge in [0.25, 0.3) is 0 Å². The average Bonchev–Trinajstić information content (AvgIpc) is 2.69. The van der Waals surface area contributed by atoms with Crippen molar-refractivity contribution < 1.29 is 4.79 Å². The minimum absolute atomic E-state index is 0.252. The first-order chi connectivity index (χ1) is 13.5. The number of hydrogen-bond donors (Lipinski definition) is 1. The van der Waals surface area contributed by atoms with E-state index in [1.165, 1.54) is 11.8 Å². The van der Waals surface area contributed by atoms with Crippen LogP contribution in [-0.4, -0.2) is 22.3 Å². The largest absolute Gasteiger partial charge is 0.326 e. The Kier molecular flexibility index (Phi) is 6.54. The highest BCUT2D eigenvalue weighted by atomic mass is 35.5. The van der Waals surface area contributed by atoms with Crippen LogP contribution in [0.2, 0.25) is 5.15 Å². The van der Waals surface area contributed by atoms with Crippen LogP contribution in [0.25, 0.3) is 0 Å². The van der Waals surface area contributed by atoms with E-state index in [0.717, 1.165) is 22.5 Å². The van der Waals surface area contributed by atoms with Crippen LogP contribution in [-0.2, 0) is 6.54 Å². The SMILES string of the molecule is CSc1ncc(CN(C(=O)Nc2ccc(C)cc2)c2ccc(C)cc2)c(Cl)n1. The third-order valence-corrected chi connectivity index (χ3v) is 5.08. The van der Waals surface area contributed by atoms with Gasteiger partial charge in [0, 0.05) is 23.1 Å². The van der Waals surface area contributed by atoms with Crippen LogP contribution in [0.4, 0.5) is 16.2 Å². The number of anilines is 2. The molecule has 0 radical (unpaired) electrons. The molecule has 0 unspecified atom stereocenters. The highest BCUT2D eigenvalue weighted by molar-refractivity contribution is 7.98. The molecular formula is C21H21ClN4OS. The summed E-state index contributed by atoms with van der Waals surface area (Å²) in [5.74, 6) is 0. The lowest BCUT2D eigenvalue weighted by Gasteiger charge is -2.24. The van der Waals surface area contributed by atoms with Gasteiger partial charge < -0.3 is 5.32 Å². The van der Waals surface area contributed by atoms with E-state index in [0.29, 0.717) is 15.9 Å². The Morgan fingerprint density at radius 2 is 1.68 bits per heavy atom. The molecule has 0 spiro atoms. The number of hydrogen-bond acceptors (Lipinski definition) is 4. The number of benzene rings is 2. The van der Waals surface area contributed by atoms with Crippen molar-refractivity contribution in [2.24, 2.45) is 0 Å². The molecule has 5 nitrogen and oxygen atoms in total. The molecule has 0 fully saturated rings. The maximum absolute atomic E-state index is 13.0. The Labute approximate surface area is 174 Å². The van der Waals surface area contributed by atoms with Gasteiger partial charge in [-0.15, -0.1) is 0 Å². The molecule has 0 atom stereocenters. The maximum atomic E-state index is 13.0. The molecule has 7 heteroatoms. The predicted octanol–water partition coefficient (Wildman–Crippen LogP) is 5.71. The number of urea groups is 1. The van der Waals surface area contributed by atoms with Crippen molar-refractivity contribution in [2.45, 2.75) is 25.5 Å². The quantitative estimate of drug-likeness (QED) is 0.331. The number of carbonyl (C=O) groups excluding carboxylic acids is 1. The van der Waals surface area contributed by atoms with E-state index < -0.39 is 0 Å². The molecule has 1 aromatic heterocycles. The van der Waals surface area contributed by atoms with Gasteiger partial charge in [0.2, 0.25) is 0 Å². The van der Waals surface area contributed by atoms with E-state index in [1.807, 2.05) is 68.6 Å². The van der Waals surface area contributed by atoms with Crippen molar-refractivity contribution in [1.29, 1.82) is 0 Å². The number of aromatic nitrogens is 2. The second kappa shape index (κ2) is 9.08. The number of thioether (sulfide) groups is 1. The summed E-state index contributed by atoms with van der Waals surface area (Å²) < 4.78 is 0. The summed E-state index contributed by atoms with van der Waals surface area (Å²) in [6, 6.07) is 15.2. The standard InChI is InChI=1S/C21H21ClN4OS/c1-14-4-8-17(9-5-14)24-21(27)26(18-10-6-15(2)7-11-18)13-16-12-23-20(28-3)25-19(16)22/h4-12H,13H2,1-3H3,(H,24,27). The molecule has 3 rings (SSSR count). The van der Waals surface area contributed by atoms with Crippen LogP contribution in [0.15, 0.2) is 59.9 Å². The lowest BCUT2D eigenvalue weighted by Crippen LogP contribution is -2.34. The Morgan fingerprint density at radius 1 is 1.07 bits per heavy atom. The summed E-state index contributed by atoms with van der Waals surface area (Å²) in [5.41, 5.74) is 4.42. The van der Waals surface area contributed by atoms with Crippen LogP contribution >= 0.6 is 23.4 Å². The first kappa shape index (κ1) is 20.2. The van der Waals surface area contributed by atoms with Crippen molar-refractivity contribution in [1.82, 2.24) is 9.97 Å². The van der Waals surface area contributed by atoms with Gasteiger partial charge in [-0.2, -0.15) is 0 Å².